The molecule has 8 nitrogen and oxygen atoms in total. The van der Waals surface area contributed by atoms with E-state index in [4.69, 9.17) is 5.14 Å². The minimum Gasteiger partial charge on any atom is -0.478 e. The van der Waals surface area contributed by atoms with Gasteiger partial charge in [0.05, 0.1) is 21.0 Å². The summed E-state index contributed by atoms with van der Waals surface area (Å²) in [5.41, 5.74) is 0.0910. The summed E-state index contributed by atoms with van der Waals surface area (Å²) >= 11 is 0. The molecule has 2 aromatic rings. The molecule has 0 fully saturated rings. The van der Waals surface area contributed by atoms with Gasteiger partial charge >= 0.3 is 5.97 Å². The van der Waals surface area contributed by atoms with Crippen LogP contribution in [-0.4, -0.2) is 27.9 Å². The highest BCUT2D eigenvalue weighted by Crippen LogP contribution is 2.25. The van der Waals surface area contributed by atoms with Crippen LogP contribution in [0.25, 0.3) is 0 Å². The normalized spacial score (nSPS) is 11.9. The second-order valence-electron chi connectivity index (χ2n) is 4.93. The van der Waals surface area contributed by atoms with E-state index in [0.29, 0.717) is 5.56 Å². The van der Waals surface area contributed by atoms with Crippen LogP contribution < -0.4 is 9.86 Å². The number of aromatic carboxylic acids is 1. The minimum atomic E-state index is -4.21. The Bertz CT molecular complexity index is 1010. The van der Waals surface area contributed by atoms with Gasteiger partial charge in [-0.05, 0) is 36.8 Å². The molecule has 128 valence electrons. The lowest BCUT2D eigenvalue weighted by Gasteiger charge is -2.13. The van der Waals surface area contributed by atoms with Crippen molar-refractivity contribution in [3.63, 3.8) is 0 Å². The fourth-order valence-electron chi connectivity index (χ4n) is 1.99. The molecule has 0 amide bonds. The lowest BCUT2D eigenvalue weighted by Crippen LogP contribution is -2.18. The third kappa shape index (κ3) is 3.72. The number of anilines is 1. The minimum absolute atomic E-state index is 0.0917. The molecule has 2 aromatic carbocycles. The SMILES string of the molecule is Cc1cccc(C(=O)O)c1NS(=O)(=O)c1cccc(S(N)(=O)=O)c1. The van der Waals surface area contributed by atoms with Gasteiger partial charge in [-0.1, -0.05) is 18.2 Å². The molecular weight excluding hydrogens is 356 g/mol. The van der Waals surface area contributed by atoms with Crippen LogP contribution >= 0.6 is 0 Å². The highest BCUT2D eigenvalue weighted by Gasteiger charge is 2.21. The van der Waals surface area contributed by atoms with Gasteiger partial charge in [-0.2, -0.15) is 0 Å². The summed E-state index contributed by atoms with van der Waals surface area (Å²) in [4.78, 5) is 10.5. The predicted molar refractivity (Wildman–Crippen MR) is 86.8 cm³/mol. The third-order valence-electron chi connectivity index (χ3n) is 3.18. The molecule has 4 N–H and O–H groups in total. The molecular formula is C14H14N2O6S2. The van der Waals surface area contributed by atoms with E-state index in [0.717, 1.165) is 12.1 Å². The number of nitrogens with two attached hydrogens (primary N) is 1. The number of sulfonamides is 2. The number of hydrogen-bond acceptors (Lipinski definition) is 5. The van der Waals surface area contributed by atoms with Gasteiger partial charge in [0.1, 0.15) is 0 Å². The van der Waals surface area contributed by atoms with Gasteiger partial charge in [0.25, 0.3) is 10.0 Å². The number of carbonyl (C=O) groups is 1. The number of primary sulfonamides is 1. The number of nitrogens with one attached hydrogen (secondary N) is 1. The Hall–Kier alpha value is -2.43. The molecule has 0 unspecified atom stereocenters. The van der Waals surface area contributed by atoms with Gasteiger partial charge < -0.3 is 5.11 Å². The summed E-state index contributed by atoms with van der Waals surface area (Å²) in [5, 5.41) is 14.2. The molecule has 0 saturated heterocycles. The Balaban J connectivity index is 2.53. The van der Waals surface area contributed by atoms with Crippen LogP contribution in [0.4, 0.5) is 5.69 Å². The fourth-order valence-corrected chi connectivity index (χ4v) is 3.82. The lowest BCUT2D eigenvalue weighted by atomic mass is 10.1. The second kappa shape index (κ2) is 6.23. The molecule has 0 saturated carbocycles. The maximum absolute atomic E-state index is 12.5. The van der Waals surface area contributed by atoms with Gasteiger partial charge in [0, 0.05) is 0 Å². The van der Waals surface area contributed by atoms with Crippen LogP contribution in [0.15, 0.2) is 52.3 Å². The molecule has 24 heavy (non-hydrogen) atoms. The van der Waals surface area contributed by atoms with E-state index in [9.17, 15) is 26.7 Å². The van der Waals surface area contributed by atoms with Gasteiger partial charge in [-0.25, -0.2) is 26.8 Å². The van der Waals surface area contributed by atoms with Crippen molar-refractivity contribution in [3.05, 3.63) is 53.6 Å². The van der Waals surface area contributed by atoms with Crippen LogP contribution in [0, 0.1) is 6.92 Å². The largest absolute Gasteiger partial charge is 0.478 e. The third-order valence-corrected chi connectivity index (χ3v) is 5.44. The monoisotopic (exact) mass is 370 g/mol. The molecule has 0 bridgehead atoms. The Kier molecular flexibility index (Phi) is 4.65. The van der Waals surface area contributed by atoms with Crippen molar-refractivity contribution in [2.75, 3.05) is 4.72 Å². The van der Waals surface area contributed by atoms with Crippen LogP contribution in [0.3, 0.4) is 0 Å². The number of para-hydroxylation sites is 1. The fraction of sp³-hybridized carbons (Fsp3) is 0.0714. The zero-order valence-electron chi connectivity index (χ0n) is 12.4. The molecule has 10 heteroatoms. The van der Waals surface area contributed by atoms with E-state index >= 15 is 0 Å². The number of carboxylic acids is 1. The number of benzene rings is 2. The molecule has 0 heterocycles. The molecule has 0 aliphatic rings. The summed E-state index contributed by atoms with van der Waals surface area (Å²) in [6.07, 6.45) is 0. The van der Waals surface area contributed by atoms with E-state index < -0.39 is 26.0 Å². The first kappa shape index (κ1) is 17.9. The average molecular weight is 370 g/mol. The number of hydrogen-bond donors (Lipinski definition) is 3. The Morgan fingerprint density at radius 3 is 2.21 bits per heavy atom. The molecule has 0 aliphatic heterocycles. The summed E-state index contributed by atoms with van der Waals surface area (Å²) < 4.78 is 49.8. The lowest BCUT2D eigenvalue weighted by molar-refractivity contribution is 0.0698. The number of aryl methyl sites for hydroxylation is 1. The van der Waals surface area contributed by atoms with Gasteiger partial charge in [-0.15, -0.1) is 0 Å². The van der Waals surface area contributed by atoms with Crippen molar-refractivity contribution in [1.29, 1.82) is 0 Å². The summed E-state index contributed by atoms with van der Waals surface area (Å²) in [7, 11) is -8.28. The standard InChI is InChI=1S/C14H14N2O6S2/c1-9-4-2-7-12(14(17)18)13(9)16-24(21,22)11-6-3-5-10(8-11)23(15,19)20/h2-8,16H,1H3,(H,17,18)(H2,15,19,20). The van der Waals surface area contributed by atoms with Crippen LogP contribution in [0.1, 0.15) is 15.9 Å². The quantitative estimate of drug-likeness (QED) is 0.720. The van der Waals surface area contributed by atoms with E-state index in [2.05, 4.69) is 4.72 Å². The zero-order valence-corrected chi connectivity index (χ0v) is 14.1. The molecule has 2 rings (SSSR count). The molecule has 0 radical (unpaired) electrons. The highest BCUT2D eigenvalue weighted by molar-refractivity contribution is 7.93. The molecule has 0 aliphatic carbocycles. The smallest absolute Gasteiger partial charge is 0.337 e. The first-order chi connectivity index (χ1) is 11.0. The van der Waals surface area contributed by atoms with Crippen molar-refractivity contribution in [2.24, 2.45) is 5.14 Å². The number of rotatable bonds is 5. The Morgan fingerprint density at radius 2 is 1.62 bits per heavy atom. The average Bonchev–Trinajstić information content (AvgIpc) is 2.48. The first-order valence-electron chi connectivity index (χ1n) is 6.51. The van der Waals surface area contributed by atoms with Crippen LogP contribution in [-0.2, 0) is 20.0 Å². The molecule has 0 aromatic heterocycles. The van der Waals surface area contributed by atoms with Crippen molar-refractivity contribution >= 4 is 31.7 Å². The Morgan fingerprint density at radius 1 is 1.04 bits per heavy atom. The van der Waals surface area contributed by atoms with E-state index in [1.54, 1.807) is 13.0 Å². The van der Waals surface area contributed by atoms with E-state index in [1.165, 1.54) is 24.3 Å². The van der Waals surface area contributed by atoms with E-state index in [1.807, 2.05) is 0 Å². The summed E-state index contributed by atoms with van der Waals surface area (Å²) in [5.74, 6) is -1.30. The summed E-state index contributed by atoms with van der Waals surface area (Å²) in [6.45, 7) is 1.55. The second-order valence-corrected chi connectivity index (χ2v) is 8.17. The van der Waals surface area contributed by atoms with Crippen molar-refractivity contribution < 1.29 is 26.7 Å². The Labute approximate surface area is 139 Å². The number of carboxylic acid groups (broad SMARTS) is 1. The van der Waals surface area contributed by atoms with Gasteiger partial charge in [-0.3, -0.25) is 4.72 Å². The summed E-state index contributed by atoms with van der Waals surface area (Å²) in [6, 6.07) is 8.75. The maximum Gasteiger partial charge on any atom is 0.337 e. The van der Waals surface area contributed by atoms with Crippen molar-refractivity contribution in [3.8, 4) is 0 Å². The van der Waals surface area contributed by atoms with E-state index in [-0.39, 0.29) is 21.0 Å². The first-order valence-corrected chi connectivity index (χ1v) is 9.54. The van der Waals surface area contributed by atoms with Crippen LogP contribution in [0.5, 0.6) is 0 Å². The van der Waals surface area contributed by atoms with Crippen molar-refractivity contribution in [1.82, 2.24) is 0 Å². The van der Waals surface area contributed by atoms with Gasteiger partial charge in [0.15, 0.2) is 0 Å². The molecule has 0 atom stereocenters. The highest BCUT2D eigenvalue weighted by atomic mass is 32.2. The van der Waals surface area contributed by atoms with Crippen molar-refractivity contribution in [2.45, 2.75) is 16.7 Å². The van der Waals surface area contributed by atoms with Crippen LogP contribution in [0.2, 0.25) is 0 Å². The topological polar surface area (TPSA) is 144 Å². The van der Waals surface area contributed by atoms with Gasteiger partial charge in [0.2, 0.25) is 10.0 Å². The maximum atomic E-state index is 12.5. The zero-order chi connectivity index (χ0) is 18.1. The molecule has 0 spiro atoms. The predicted octanol–water partition coefficient (Wildman–Crippen LogP) is 1.14.